The van der Waals surface area contributed by atoms with Gasteiger partial charge in [-0.25, -0.2) is 0 Å². The molecule has 0 amide bonds. The molecule has 2 nitrogen and oxygen atoms in total. The second-order valence-electron chi connectivity index (χ2n) is 4.99. The Morgan fingerprint density at radius 2 is 1.92 bits per heavy atom. The van der Waals surface area contributed by atoms with Crippen molar-refractivity contribution in [2.24, 2.45) is 0 Å². The number of hydrogen-bond donors (Lipinski definition) is 2. The van der Waals surface area contributed by atoms with Gasteiger partial charge in [-0.1, -0.05) is 6.92 Å². The predicted octanol–water partition coefficient (Wildman–Crippen LogP) is 1.68. The summed E-state index contributed by atoms with van der Waals surface area (Å²) in [5.74, 6) is 0. The van der Waals surface area contributed by atoms with E-state index in [0.717, 1.165) is 19.3 Å². The largest absolute Gasteiger partial charge is 0.393 e. The van der Waals surface area contributed by atoms with E-state index in [1.807, 2.05) is 0 Å². The van der Waals surface area contributed by atoms with Crippen LogP contribution in [0.15, 0.2) is 0 Å². The molecule has 12 heavy (non-hydrogen) atoms. The lowest BCUT2D eigenvalue weighted by molar-refractivity contribution is 0.0312. The first-order valence-electron chi connectivity index (χ1n) is 4.84. The summed E-state index contributed by atoms with van der Waals surface area (Å²) in [4.78, 5) is 0. The minimum absolute atomic E-state index is 0.0857. The Balaban J connectivity index is 2.70. The van der Waals surface area contributed by atoms with Crippen LogP contribution in [0, 0.1) is 0 Å². The second-order valence-corrected chi connectivity index (χ2v) is 4.99. The van der Waals surface area contributed by atoms with E-state index < -0.39 is 0 Å². The van der Waals surface area contributed by atoms with E-state index in [9.17, 15) is 5.11 Å². The van der Waals surface area contributed by atoms with Gasteiger partial charge in [0, 0.05) is 11.1 Å². The molecule has 72 valence electrons. The fourth-order valence-electron chi connectivity index (χ4n) is 2.33. The van der Waals surface area contributed by atoms with E-state index in [2.05, 4.69) is 33.0 Å². The molecule has 1 aliphatic heterocycles. The van der Waals surface area contributed by atoms with Gasteiger partial charge in [-0.3, -0.25) is 0 Å². The highest BCUT2D eigenvalue weighted by molar-refractivity contribution is 4.98. The zero-order valence-corrected chi connectivity index (χ0v) is 8.65. The van der Waals surface area contributed by atoms with Crippen molar-refractivity contribution >= 4 is 0 Å². The molecule has 2 atom stereocenters. The first kappa shape index (κ1) is 10.0. The molecule has 2 heteroatoms. The smallest absolute Gasteiger partial charge is 0.0575 e. The summed E-state index contributed by atoms with van der Waals surface area (Å²) in [6.45, 7) is 8.67. The van der Waals surface area contributed by atoms with E-state index in [4.69, 9.17) is 0 Å². The summed E-state index contributed by atoms with van der Waals surface area (Å²) in [6, 6.07) is 0. The topological polar surface area (TPSA) is 32.3 Å². The van der Waals surface area contributed by atoms with Crippen molar-refractivity contribution < 1.29 is 5.11 Å². The van der Waals surface area contributed by atoms with Crippen LogP contribution in [-0.2, 0) is 0 Å². The van der Waals surface area contributed by atoms with Gasteiger partial charge in [0.1, 0.15) is 0 Å². The molecule has 0 radical (unpaired) electrons. The van der Waals surface area contributed by atoms with Crippen LogP contribution in [0.2, 0.25) is 0 Å². The van der Waals surface area contributed by atoms with Crippen molar-refractivity contribution in [2.45, 2.75) is 64.1 Å². The molecular formula is C10H21NO. The van der Waals surface area contributed by atoms with Crippen molar-refractivity contribution in [3.8, 4) is 0 Å². The summed E-state index contributed by atoms with van der Waals surface area (Å²) in [5.41, 5.74) is 0.212. The second kappa shape index (κ2) is 3.00. The quantitative estimate of drug-likeness (QED) is 0.629. The highest BCUT2D eigenvalue weighted by Gasteiger charge is 2.38. The van der Waals surface area contributed by atoms with E-state index in [0.29, 0.717) is 0 Å². The SMILES string of the molecule is CCC1(C)CC(O)CC(C)(C)N1. The van der Waals surface area contributed by atoms with Crippen molar-refractivity contribution in [1.29, 1.82) is 0 Å². The Morgan fingerprint density at radius 1 is 1.33 bits per heavy atom. The van der Waals surface area contributed by atoms with Crippen molar-refractivity contribution in [3.63, 3.8) is 0 Å². The van der Waals surface area contributed by atoms with Gasteiger partial charge in [-0.05, 0) is 40.0 Å². The van der Waals surface area contributed by atoms with E-state index in [1.165, 1.54) is 0 Å². The van der Waals surface area contributed by atoms with Crippen molar-refractivity contribution in [3.05, 3.63) is 0 Å². The molecule has 2 unspecified atom stereocenters. The maximum Gasteiger partial charge on any atom is 0.0575 e. The number of hydrogen-bond acceptors (Lipinski definition) is 2. The zero-order chi connectivity index (χ0) is 9.41. The molecule has 1 heterocycles. The first-order valence-corrected chi connectivity index (χ1v) is 4.84. The molecule has 2 N–H and O–H groups in total. The molecule has 1 saturated heterocycles. The molecule has 0 aromatic carbocycles. The monoisotopic (exact) mass is 171 g/mol. The molecule has 0 bridgehead atoms. The van der Waals surface area contributed by atoms with Gasteiger partial charge in [0.25, 0.3) is 0 Å². The first-order chi connectivity index (χ1) is 5.37. The number of nitrogens with one attached hydrogen (secondary N) is 1. The molecule has 0 aliphatic carbocycles. The fourth-order valence-corrected chi connectivity index (χ4v) is 2.33. The van der Waals surface area contributed by atoms with Gasteiger partial charge in [0.15, 0.2) is 0 Å². The van der Waals surface area contributed by atoms with Crippen molar-refractivity contribution in [2.75, 3.05) is 0 Å². The van der Waals surface area contributed by atoms with Crippen LogP contribution in [0.4, 0.5) is 0 Å². The fraction of sp³-hybridized carbons (Fsp3) is 1.00. The lowest BCUT2D eigenvalue weighted by Gasteiger charge is -2.46. The third-order valence-electron chi connectivity index (χ3n) is 2.85. The average molecular weight is 171 g/mol. The van der Waals surface area contributed by atoms with Crippen LogP contribution in [0.3, 0.4) is 0 Å². The van der Waals surface area contributed by atoms with Crippen LogP contribution in [0.1, 0.15) is 47.0 Å². The zero-order valence-electron chi connectivity index (χ0n) is 8.65. The Hall–Kier alpha value is -0.0800. The molecular weight excluding hydrogens is 150 g/mol. The van der Waals surface area contributed by atoms with Gasteiger partial charge in [-0.15, -0.1) is 0 Å². The third-order valence-corrected chi connectivity index (χ3v) is 2.85. The summed E-state index contributed by atoms with van der Waals surface area (Å²) < 4.78 is 0. The third kappa shape index (κ3) is 2.20. The van der Waals surface area contributed by atoms with Crippen molar-refractivity contribution in [1.82, 2.24) is 5.32 Å². The number of aliphatic hydroxyl groups excluding tert-OH is 1. The van der Waals surface area contributed by atoms with Gasteiger partial charge < -0.3 is 10.4 Å². The maximum absolute atomic E-state index is 9.67. The Labute approximate surface area is 75.4 Å². The lowest BCUT2D eigenvalue weighted by Crippen LogP contribution is -2.60. The van der Waals surface area contributed by atoms with E-state index in [-0.39, 0.29) is 17.2 Å². The number of aliphatic hydroxyl groups is 1. The number of rotatable bonds is 1. The van der Waals surface area contributed by atoms with Crippen LogP contribution in [0.5, 0.6) is 0 Å². The Bertz CT molecular complexity index is 167. The minimum atomic E-state index is -0.133. The van der Waals surface area contributed by atoms with Gasteiger partial charge in [-0.2, -0.15) is 0 Å². The summed E-state index contributed by atoms with van der Waals surface area (Å²) in [7, 11) is 0. The van der Waals surface area contributed by atoms with E-state index >= 15 is 0 Å². The standard InChI is InChI=1S/C10H21NO/c1-5-10(4)7-8(12)6-9(2,3)11-10/h8,11-12H,5-7H2,1-4H3. The maximum atomic E-state index is 9.67. The normalized spacial score (nSPS) is 41.2. The molecule has 0 saturated carbocycles. The Kier molecular flexibility index (Phi) is 2.50. The summed E-state index contributed by atoms with van der Waals surface area (Å²) in [5, 5.41) is 13.3. The molecule has 0 spiro atoms. The van der Waals surface area contributed by atoms with Crippen LogP contribution in [0.25, 0.3) is 0 Å². The molecule has 0 aromatic heterocycles. The molecule has 1 aliphatic rings. The van der Waals surface area contributed by atoms with Crippen LogP contribution >= 0.6 is 0 Å². The summed E-state index contributed by atoms with van der Waals surface area (Å²) >= 11 is 0. The molecule has 0 aromatic rings. The predicted molar refractivity (Wildman–Crippen MR) is 51.2 cm³/mol. The Morgan fingerprint density at radius 3 is 2.33 bits per heavy atom. The lowest BCUT2D eigenvalue weighted by atomic mass is 9.79. The molecule has 1 rings (SSSR count). The van der Waals surface area contributed by atoms with Crippen LogP contribution < -0.4 is 5.32 Å². The average Bonchev–Trinajstić information content (AvgIpc) is 1.82. The minimum Gasteiger partial charge on any atom is -0.393 e. The van der Waals surface area contributed by atoms with Gasteiger partial charge >= 0.3 is 0 Å². The highest BCUT2D eigenvalue weighted by Crippen LogP contribution is 2.30. The summed E-state index contributed by atoms with van der Waals surface area (Å²) in [6.07, 6.45) is 2.69. The molecule has 1 fully saturated rings. The van der Waals surface area contributed by atoms with E-state index in [1.54, 1.807) is 0 Å². The highest BCUT2D eigenvalue weighted by atomic mass is 16.3. The number of piperidine rings is 1. The van der Waals surface area contributed by atoms with Gasteiger partial charge in [0.05, 0.1) is 6.10 Å². The van der Waals surface area contributed by atoms with Gasteiger partial charge in [0.2, 0.25) is 0 Å². The van der Waals surface area contributed by atoms with Crippen LogP contribution in [-0.4, -0.2) is 22.3 Å².